The van der Waals surface area contributed by atoms with Crippen molar-refractivity contribution in [2.24, 2.45) is 5.92 Å². The second-order valence-electron chi connectivity index (χ2n) is 5.97. The second kappa shape index (κ2) is 5.57. The standard InChI is InChI=1S/C17H19N3O2/c21-17(13-7-9-22-11-13)20-8-6-15-14(10-20)16(19-18-15)12-4-2-1-3-5-12/h1-5,13H,6-11H2,(H,18,19). The Kier molecular flexibility index (Phi) is 3.42. The second-order valence-corrected chi connectivity index (χ2v) is 5.97. The molecule has 1 aromatic carbocycles. The molecular formula is C17H19N3O2. The number of aromatic nitrogens is 2. The Bertz CT molecular complexity index is 674. The molecular weight excluding hydrogens is 278 g/mol. The molecule has 1 saturated heterocycles. The summed E-state index contributed by atoms with van der Waals surface area (Å²) in [5.41, 5.74) is 4.38. The molecule has 22 heavy (non-hydrogen) atoms. The summed E-state index contributed by atoms with van der Waals surface area (Å²) in [7, 11) is 0. The van der Waals surface area contributed by atoms with Crippen LogP contribution in [0.25, 0.3) is 11.3 Å². The van der Waals surface area contributed by atoms with E-state index in [1.807, 2.05) is 23.1 Å². The van der Waals surface area contributed by atoms with E-state index in [9.17, 15) is 4.79 Å². The zero-order valence-electron chi connectivity index (χ0n) is 12.4. The number of H-pyrrole nitrogens is 1. The summed E-state index contributed by atoms with van der Waals surface area (Å²) in [6.07, 6.45) is 1.69. The SMILES string of the molecule is O=C(C1CCOC1)N1CCc2[nH]nc(-c3ccccc3)c2C1. The van der Waals surface area contributed by atoms with Crippen molar-refractivity contribution in [2.45, 2.75) is 19.4 Å². The first-order valence-corrected chi connectivity index (χ1v) is 7.81. The molecule has 1 amide bonds. The van der Waals surface area contributed by atoms with Crippen LogP contribution in [-0.2, 0) is 22.5 Å². The molecule has 2 aliphatic heterocycles. The number of carbonyl (C=O) groups excluding carboxylic acids is 1. The lowest BCUT2D eigenvalue weighted by Gasteiger charge is -2.29. The van der Waals surface area contributed by atoms with Crippen molar-refractivity contribution in [1.82, 2.24) is 15.1 Å². The van der Waals surface area contributed by atoms with Gasteiger partial charge in [0.15, 0.2) is 0 Å². The van der Waals surface area contributed by atoms with Crippen molar-refractivity contribution in [3.8, 4) is 11.3 Å². The van der Waals surface area contributed by atoms with Gasteiger partial charge in [0.05, 0.1) is 18.2 Å². The van der Waals surface area contributed by atoms with Crippen molar-refractivity contribution in [1.29, 1.82) is 0 Å². The topological polar surface area (TPSA) is 58.2 Å². The minimum atomic E-state index is 0.0358. The summed E-state index contributed by atoms with van der Waals surface area (Å²) in [5.74, 6) is 0.261. The molecule has 1 unspecified atom stereocenters. The summed E-state index contributed by atoms with van der Waals surface area (Å²) in [6, 6.07) is 10.1. The summed E-state index contributed by atoms with van der Waals surface area (Å²) in [5, 5.41) is 7.61. The Balaban J connectivity index is 1.60. The lowest BCUT2D eigenvalue weighted by molar-refractivity contribution is -0.136. The van der Waals surface area contributed by atoms with Gasteiger partial charge in [0.2, 0.25) is 5.91 Å². The molecule has 0 saturated carbocycles. The number of hydrogen-bond acceptors (Lipinski definition) is 3. The van der Waals surface area contributed by atoms with Crippen molar-refractivity contribution >= 4 is 5.91 Å². The number of carbonyl (C=O) groups is 1. The van der Waals surface area contributed by atoms with Crippen LogP contribution in [-0.4, -0.2) is 40.8 Å². The molecule has 1 aromatic heterocycles. The molecule has 0 bridgehead atoms. The number of nitrogens with zero attached hydrogens (tertiary/aromatic N) is 2. The molecule has 1 N–H and O–H groups in total. The van der Waals surface area contributed by atoms with Crippen molar-refractivity contribution < 1.29 is 9.53 Å². The molecule has 5 nitrogen and oxygen atoms in total. The fraction of sp³-hybridized carbons (Fsp3) is 0.412. The number of amides is 1. The van der Waals surface area contributed by atoms with E-state index in [1.165, 1.54) is 0 Å². The summed E-state index contributed by atoms with van der Waals surface area (Å²) < 4.78 is 5.35. The number of fused-ring (bicyclic) bond motifs is 1. The van der Waals surface area contributed by atoms with Gasteiger partial charge in [-0.1, -0.05) is 30.3 Å². The zero-order valence-corrected chi connectivity index (χ0v) is 12.4. The van der Waals surface area contributed by atoms with Gasteiger partial charge in [-0.2, -0.15) is 5.10 Å². The summed E-state index contributed by atoms with van der Waals surface area (Å²) in [4.78, 5) is 14.6. The first-order chi connectivity index (χ1) is 10.8. The third kappa shape index (κ3) is 2.31. The highest BCUT2D eigenvalue weighted by Crippen LogP contribution is 2.29. The summed E-state index contributed by atoms with van der Waals surface area (Å²) in [6.45, 7) is 2.68. The smallest absolute Gasteiger partial charge is 0.228 e. The van der Waals surface area contributed by atoms with Gasteiger partial charge in [-0.3, -0.25) is 9.89 Å². The first-order valence-electron chi connectivity index (χ1n) is 7.81. The quantitative estimate of drug-likeness (QED) is 0.922. The van der Waals surface area contributed by atoms with Crippen LogP contribution in [0.5, 0.6) is 0 Å². The number of rotatable bonds is 2. The van der Waals surface area contributed by atoms with Crippen LogP contribution in [0.15, 0.2) is 30.3 Å². The number of nitrogens with one attached hydrogen (secondary N) is 1. The van der Waals surface area contributed by atoms with Crippen LogP contribution in [0.1, 0.15) is 17.7 Å². The van der Waals surface area contributed by atoms with Gasteiger partial charge >= 0.3 is 0 Å². The molecule has 0 aliphatic carbocycles. The number of aromatic amines is 1. The third-order valence-corrected chi connectivity index (χ3v) is 4.57. The van der Waals surface area contributed by atoms with Crippen molar-refractivity contribution in [3.63, 3.8) is 0 Å². The highest BCUT2D eigenvalue weighted by molar-refractivity contribution is 5.80. The van der Waals surface area contributed by atoms with E-state index in [4.69, 9.17) is 4.74 Å². The normalized spacial score (nSPS) is 20.9. The Morgan fingerprint density at radius 3 is 2.95 bits per heavy atom. The van der Waals surface area contributed by atoms with Gasteiger partial charge in [-0.05, 0) is 6.42 Å². The van der Waals surface area contributed by atoms with Crippen LogP contribution >= 0.6 is 0 Å². The van der Waals surface area contributed by atoms with Crippen LogP contribution in [0.4, 0.5) is 0 Å². The molecule has 5 heteroatoms. The van der Waals surface area contributed by atoms with E-state index in [0.29, 0.717) is 19.8 Å². The Morgan fingerprint density at radius 1 is 1.32 bits per heavy atom. The minimum absolute atomic E-state index is 0.0358. The molecule has 0 spiro atoms. The Labute approximate surface area is 129 Å². The largest absolute Gasteiger partial charge is 0.381 e. The van der Waals surface area contributed by atoms with Crippen LogP contribution in [0.3, 0.4) is 0 Å². The monoisotopic (exact) mass is 297 g/mol. The van der Waals surface area contributed by atoms with Gasteiger partial charge in [0.1, 0.15) is 0 Å². The first kappa shape index (κ1) is 13.5. The van der Waals surface area contributed by atoms with E-state index >= 15 is 0 Å². The lowest BCUT2D eigenvalue weighted by Crippen LogP contribution is -2.40. The third-order valence-electron chi connectivity index (χ3n) is 4.57. The van der Waals surface area contributed by atoms with Crippen LogP contribution in [0.2, 0.25) is 0 Å². The fourth-order valence-corrected chi connectivity index (χ4v) is 3.31. The highest BCUT2D eigenvalue weighted by Gasteiger charge is 2.31. The van der Waals surface area contributed by atoms with Crippen molar-refractivity contribution in [3.05, 3.63) is 41.6 Å². The van der Waals surface area contributed by atoms with Gasteiger partial charge < -0.3 is 9.64 Å². The molecule has 0 radical (unpaired) electrons. The predicted molar refractivity (Wildman–Crippen MR) is 82.1 cm³/mol. The van der Waals surface area contributed by atoms with Gasteiger partial charge in [-0.15, -0.1) is 0 Å². The fourth-order valence-electron chi connectivity index (χ4n) is 3.31. The predicted octanol–water partition coefficient (Wildman–Crippen LogP) is 2.00. The van der Waals surface area contributed by atoms with Crippen LogP contribution in [0, 0.1) is 5.92 Å². The Morgan fingerprint density at radius 2 is 2.18 bits per heavy atom. The molecule has 2 aromatic rings. The molecule has 1 fully saturated rings. The Hall–Kier alpha value is -2.14. The van der Waals surface area contributed by atoms with Crippen molar-refractivity contribution in [2.75, 3.05) is 19.8 Å². The van der Waals surface area contributed by atoms with E-state index in [0.717, 1.165) is 41.9 Å². The average molecular weight is 297 g/mol. The minimum Gasteiger partial charge on any atom is -0.381 e. The maximum atomic E-state index is 12.6. The molecule has 2 aliphatic rings. The lowest BCUT2D eigenvalue weighted by atomic mass is 9.99. The number of benzene rings is 1. The number of hydrogen-bond donors (Lipinski definition) is 1. The molecule has 114 valence electrons. The van der Waals surface area contributed by atoms with E-state index in [-0.39, 0.29) is 11.8 Å². The zero-order chi connectivity index (χ0) is 14.9. The van der Waals surface area contributed by atoms with E-state index in [1.54, 1.807) is 0 Å². The average Bonchev–Trinajstić information content (AvgIpc) is 3.24. The van der Waals surface area contributed by atoms with E-state index < -0.39 is 0 Å². The molecule has 3 heterocycles. The van der Waals surface area contributed by atoms with E-state index in [2.05, 4.69) is 22.3 Å². The summed E-state index contributed by atoms with van der Waals surface area (Å²) >= 11 is 0. The van der Waals surface area contributed by atoms with Crippen LogP contribution < -0.4 is 0 Å². The van der Waals surface area contributed by atoms with Gasteiger partial charge in [0.25, 0.3) is 0 Å². The van der Waals surface area contributed by atoms with Gasteiger partial charge in [-0.25, -0.2) is 0 Å². The maximum absolute atomic E-state index is 12.6. The molecule has 1 atom stereocenters. The van der Waals surface area contributed by atoms with Gasteiger partial charge in [0, 0.05) is 42.9 Å². The highest BCUT2D eigenvalue weighted by atomic mass is 16.5. The number of ether oxygens (including phenoxy) is 1. The maximum Gasteiger partial charge on any atom is 0.228 e. The molecule has 4 rings (SSSR count).